The van der Waals surface area contributed by atoms with E-state index in [1.165, 1.54) is 12.1 Å². The molecule has 0 radical (unpaired) electrons. The molecule has 3 aromatic carbocycles. The van der Waals surface area contributed by atoms with E-state index >= 15 is 0 Å². The lowest BCUT2D eigenvalue weighted by atomic mass is 9.87. The Hall–Kier alpha value is -4.05. The summed E-state index contributed by atoms with van der Waals surface area (Å²) in [7, 11) is 0. The lowest BCUT2D eigenvalue weighted by molar-refractivity contribution is -0.128. The predicted molar refractivity (Wildman–Crippen MR) is 161 cm³/mol. The molecule has 0 atom stereocenters. The van der Waals surface area contributed by atoms with Gasteiger partial charge in [0.25, 0.3) is 11.9 Å². The van der Waals surface area contributed by atoms with Crippen LogP contribution in [0.25, 0.3) is 10.8 Å². The average Bonchev–Trinajstić information content (AvgIpc) is 3.44. The molecule has 4 aromatic rings. The van der Waals surface area contributed by atoms with Crippen LogP contribution in [0.4, 0.5) is 0 Å². The maximum absolute atomic E-state index is 13.3. The zero-order valence-corrected chi connectivity index (χ0v) is 24.2. The Kier molecular flexibility index (Phi) is 9.31. The number of carbonyl (C=O) groups excluding carboxylic acids is 3. The Bertz CT molecular complexity index is 1570. The van der Waals surface area contributed by atoms with Gasteiger partial charge in [0.15, 0.2) is 5.76 Å². The molecule has 1 fully saturated rings. The van der Waals surface area contributed by atoms with Crippen LogP contribution in [0.2, 0.25) is 10.0 Å². The number of benzene rings is 3. The topological polar surface area (TPSA) is 122 Å². The number of hydrogen-bond donors (Lipinski definition) is 4. The molecule has 4 N–H and O–H groups in total. The molecular weight excluding hydrogens is 579 g/mol. The zero-order valence-electron chi connectivity index (χ0n) is 22.7. The van der Waals surface area contributed by atoms with E-state index in [0.29, 0.717) is 41.7 Å². The molecule has 5 rings (SSSR count). The van der Waals surface area contributed by atoms with Gasteiger partial charge in [0.1, 0.15) is 11.3 Å². The highest BCUT2D eigenvalue weighted by atomic mass is 35.5. The number of carbonyl (C=O) groups is 3. The van der Waals surface area contributed by atoms with Gasteiger partial charge in [-0.2, -0.15) is 0 Å². The number of halogens is 2. The number of ether oxygens (including phenoxy) is 1. The standard InChI is InChI=1S/C31H30Cl2N4O5/c32-22-17-23(33)19-24(18-22)41-28-9-8-26(42-28)29(39)37-31(10-12-34-13-11-31)30(40)36-15-14-35-27(38)16-21-6-3-5-20-4-1-2-7-25(20)21/h1-9,17-19,34H,10-16H2,(H,35,38)(H,36,40)(H,37,39). The lowest BCUT2D eigenvalue weighted by Gasteiger charge is -2.36. The summed E-state index contributed by atoms with van der Waals surface area (Å²) in [4.78, 5) is 39.1. The Morgan fingerprint density at radius 2 is 1.60 bits per heavy atom. The van der Waals surface area contributed by atoms with Crippen molar-refractivity contribution in [2.45, 2.75) is 24.8 Å². The van der Waals surface area contributed by atoms with Gasteiger partial charge in [-0.1, -0.05) is 65.7 Å². The Morgan fingerprint density at radius 1 is 0.881 bits per heavy atom. The number of piperidine rings is 1. The summed E-state index contributed by atoms with van der Waals surface area (Å²) in [5.74, 6) is -0.591. The van der Waals surface area contributed by atoms with E-state index in [9.17, 15) is 14.4 Å². The largest absolute Gasteiger partial charge is 0.426 e. The molecule has 3 amide bonds. The highest BCUT2D eigenvalue weighted by molar-refractivity contribution is 6.34. The molecule has 1 aliphatic heterocycles. The summed E-state index contributed by atoms with van der Waals surface area (Å²) in [6, 6.07) is 21.5. The summed E-state index contributed by atoms with van der Waals surface area (Å²) >= 11 is 12.0. The van der Waals surface area contributed by atoms with Gasteiger partial charge in [-0.05, 0) is 66.5 Å². The molecule has 42 heavy (non-hydrogen) atoms. The molecule has 0 unspecified atom stereocenters. The van der Waals surface area contributed by atoms with E-state index in [0.717, 1.165) is 16.3 Å². The number of hydrogen-bond acceptors (Lipinski definition) is 6. The van der Waals surface area contributed by atoms with Gasteiger partial charge < -0.3 is 30.4 Å². The average molecular weight is 610 g/mol. The van der Waals surface area contributed by atoms with E-state index in [4.69, 9.17) is 32.4 Å². The molecule has 1 aromatic heterocycles. The third kappa shape index (κ3) is 7.23. The van der Waals surface area contributed by atoms with Gasteiger partial charge in [-0.15, -0.1) is 0 Å². The first kappa shape index (κ1) is 29.4. The number of amides is 3. The quantitative estimate of drug-likeness (QED) is 0.191. The smallest absolute Gasteiger partial charge is 0.290 e. The molecule has 2 heterocycles. The molecule has 0 aliphatic carbocycles. The van der Waals surface area contributed by atoms with Crippen molar-refractivity contribution in [1.82, 2.24) is 21.3 Å². The summed E-state index contributed by atoms with van der Waals surface area (Å²) in [6.07, 6.45) is 1.02. The molecule has 218 valence electrons. The normalized spacial score (nSPS) is 14.2. The minimum Gasteiger partial charge on any atom is -0.426 e. The molecular formula is C31H30Cl2N4O5. The van der Waals surface area contributed by atoms with Crippen LogP contribution in [0.3, 0.4) is 0 Å². The fourth-order valence-corrected chi connectivity index (χ4v) is 5.48. The van der Waals surface area contributed by atoms with Gasteiger partial charge in [0.05, 0.1) is 6.42 Å². The van der Waals surface area contributed by atoms with Crippen molar-refractivity contribution in [3.05, 3.63) is 94.2 Å². The van der Waals surface area contributed by atoms with E-state index in [2.05, 4.69) is 21.3 Å². The van der Waals surface area contributed by atoms with Crippen molar-refractivity contribution >= 4 is 51.7 Å². The zero-order chi connectivity index (χ0) is 29.5. The minimum absolute atomic E-state index is 0.00969. The second-order valence-corrected chi connectivity index (χ2v) is 10.9. The third-order valence-corrected chi connectivity index (χ3v) is 7.50. The van der Waals surface area contributed by atoms with Gasteiger partial charge in [-0.3, -0.25) is 14.4 Å². The number of rotatable bonds is 10. The van der Waals surface area contributed by atoms with Crippen molar-refractivity contribution in [1.29, 1.82) is 0 Å². The Balaban J connectivity index is 1.15. The molecule has 1 aliphatic rings. The molecule has 0 spiro atoms. The summed E-state index contributed by atoms with van der Waals surface area (Å²) in [5, 5.41) is 14.7. The third-order valence-electron chi connectivity index (χ3n) is 7.07. The van der Waals surface area contributed by atoms with Crippen LogP contribution in [-0.4, -0.2) is 49.4 Å². The van der Waals surface area contributed by atoms with Crippen LogP contribution in [0, 0.1) is 0 Å². The fraction of sp³-hybridized carbons (Fsp3) is 0.258. The van der Waals surface area contributed by atoms with Gasteiger partial charge >= 0.3 is 0 Å². The Morgan fingerprint density at radius 3 is 2.38 bits per heavy atom. The fourth-order valence-electron chi connectivity index (χ4n) is 4.97. The van der Waals surface area contributed by atoms with E-state index in [-0.39, 0.29) is 43.0 Å². The van der Waals surface area contributed by atoms with Crippen molar-refractivity contribution in [3.63, 3.8) is 0 Å². The monoisotopic (exact) mass is 608 g/mol. The van der Waals surface area contributed by atoms with E-state index < -0.39 is 11.4 Å². The van der Waals surface area contributed by atoms with Crippen LogP contribution in [0.5, 0.6) is 11.7 Å². The summed E-state index contributed by atoms with van der Waals surface area (Å²) in [6.45, 7) is 1.57. The number of furan rings is 1. The SMILES string of the molecule is O=C(Cc1cccc2ccccc12)NCCNC(=O)C1(NC(=O)c2ccc(Oc3cc(Cl)cc(Cl)c3)o2)CCNCC1. The lowest BCUT2D eigenvalue weighted by Crippen LogP contribution is -2.63. The van der Waals surface area contributed by atoms with Crippen LogP contribution in [-0.2, 0) is 16.0 Å². The predicted octanol–water partition coefficient (Wildman–Crippen LogP) is 4.86. The van der Waals surface area contributed by atoms with E-state index in [1.54, 1.807) is 18.2 Å². The first-order valence-electron chi connectivity index (χ1n) is 13.6. The van der Waals surface area contributed by atoms with Crippen molar-refractivity contribution < 1.29 is 23.5 Å². The second kappa shape index (κ2) is 13.3. The molecule has 0 bridgehead atoms. The van der Waals surface area contributed by atoms with Crippen molar-refractivity contribution in [2.24, 2.45) is 0 Å². The summed E-state index contributed by atoms with van der Waals surface area (Å²) in [5.41, 5.74) is -0.197. The van der Waals surface area contributed by atoms with Gasteiger partial charge in [0.2, 0.25) is 11.8 Å². The van der Waals surface area contributed by atoms with Gasteiger partial charge in [-0.25, -0.2) is 0 Å². The first-order valence-corrected chi connectivity index (χ1v) is 14.4. The molecule has 11 heteroatoms. The van der Waals surface area contributed by atoms with Crippen LogP contribution in [0.1, 0.15) is 29.0 Å². The maximum Gasteiger partial charge on any atom is 0.290 e. The highest BCUT2D eigenvalue weighted by Gasteiger charge is 2.41. The minimum atomic E-state index is -1.14. The Labute approximate surface area is 252 Å². The van der Waals surface area contributed by atoms with Crippen LogP contribution < -0.4 is 26.0 Å². The maximum atomic E-state index is 13.3. The second-order valence-electron chi connectivity index (χ2n) is 10.0. The molecule has 0 saturated carbocycles. The molecule has 1 saturated heterocycles. The van der Waals surface area contributed by atoms with Crippen LogP contribution in [0.15, 0.2) is 77.2 Å². The number of fused-ring (bicyclic) bond motifs is 1. The summed E-state index contributed by atoms with van der Waals surface area (Å²) < 4.78 is 11.2. The van der Waals surface area contributed by atoms with Crippen molar-refractivity contribution in [2.75, 3.05) is 26.2 Å². The van der Waals surface area contributed by atoms with Gasteiger partial charge in [0, 0.05) is 29.2 Å². The number of nitrogens with one attached hydrogen (secondary N) is 4. The first-order chi connectivity index (χ1) is 20.3. The van der Waals surface area contributed by atoms with E-state index in [1.807, 2.05) is 42.5 Å². The van der Waals surface area contributed by atoms with Crippen molar-refractivity contribution in [3.8, 4) is 11.7 Å². The highest BCUT2D eigenvalue weighted by Crippen LogP contribution is 2.30. The van der Waals surface area contributed by atoms with Crippen LogP contribution >= 0.6 is 23.2 Å². The molecule has 9 nitrogen and oxygen atoms in total.